The molecule has 4 heterocycles. The fourth-order valence-electron chi connectivity index (χ4n) is 4.43. The van der Waals surface area contributed by atoms with E-state index in [0.717, 1.165) is 43.2 Å². The summed E-state index contributed by atoms with van der Waals surface area (Å²) in [7, 11) is 0. The molecule has 0 unspecified atom stereocenters. The van der Waals surface area contributed by atoms with Crippen molar-refractivity contribution in [2.75, 3.05) is 106 Å². The lowest BCUT2D eigenvalue weighted by Gasteiger charge is -2.13. The predicted molar refractivity (Wildman–Crippen MR) is 171 cm³/mol. The van der Waals surface area contributed by atoms with Crippen molar-refractivity contribution in [1.82, 2.24) is 0 Å². The molecule has 4 bridgehead atoms. The molecule has 44 heavy (non-hydrogen) atoms. The van der Waals surface area contributed by atoms with Crippen LogP contribution in [0.5, 0.6) is 23.0 Å². The van der Waals surface area contributed by atoms with Crippen molar-refractivity contribution in [3.63, 3.8) is 0 Å². The Balaban J connectivity index is 1.06. The monoisotopic (exact) mass is 648 g/mol. The second-order valence-corrected chi connectivity index (χ2v) is 11.4. The minimum absolute atomic E-state index is 0.448. The molecule has 2 aliphatic rings. The van der Waals surface area contributed by atoms with Gasteiger partial charge in [0.2, 0.25) is 0 Å². The Kier molecular flexibility index (Phi) is 14.1. The number of rotatable bonds is 0. The van der Waals surface area contributed by atoms with Crippen LogP contribution in [0.3, 0.4) is 0 Å². The van der Waals surface area contributed by atoms with E-state index >= 15 is 0 Å². The van der Waals surface area contributed by atoms with Crippen LogP contribution in [-0.2, 0) is 28.4 Å². The number of benzene rings is 2. The van der Waals surface area contributed by atoms with E-state index in [4.69, 9.17) is 47.4 Å². The van der Waals surface area contributed by atoms with Gasteiger partial charge in [0, 0.05) is 10.8 Å². The van der Waals surface area contributed by atoms with E-state index < -0.39 is 0 Å². The molecule has 240 valence electrons. The van der Waals surface area contributed by atoms with Crippen molar-refractivity contribution in [1.29, 1.82) is 0 Å². The molecule has 12 heteroatoms. The molecule has 0 atom stereocenters. The van der Waals surface area contributed by atoms with Gasteiger partial charge in [-0.1, -0.05) is 0 Å². The van der Waals surface area contributed by atoms with Crippen LogP contribution < -0.4 is 18.9 Å². The van der Waals surface area contributed by atoms with E-state index in [-0.39, 0.29) is 0 Å². The third kappa shape index (κ3) is 10.2. The molecule has 0 aliphatic carbocycles. The first-order chi connectivity index (χ1) is 21.9. The molecule has 0 spiro atoms. The number of hydrogen-bond donors (Lipinski definition) is 0. The molecule has 0 saturated heterocycles. The van der Waals surface area contributed by atoms with Gasteiger partial charge in [-0.15, -0.1) is 22.7 Å². The Morgan fingerprint density at radius 2 is 0.591 bits per heavy atom. The fourth-order valence-corrected chi connectivity index (χ4v) is 6.18. The fraction of sp³-hybridized carbons (Fsp3) is 0.500. The minimum atomic E-state index is 0.448. The van der Waals surface area contributed by atoms with Crippen molar-refractivity contribution in [2.45, 2.75) is 0 Å². The van der Waals surface area contributed by atoms with Crippen LogP contribution in [0.4, 0.5) is 0 Å². The smallest absolute Gasteiger partial charge is 0.137 e. The van der Waals surface area contributed by atoms with Gasteiger partial charge in [-0.3, -0.25) is 0 Å². The van der Waals surface area contributed by atoms with Crippen molar-refractivity contribution < 1.29 is 47.4 Å². The highest BCUT2D eigenvalue weighted by Crippen LogP contribution is 2.38. The van der Waals surface area contributed by atoms with Gasteiger partial charge in [-0.2, -0.15) is 0 Å². The van der Waals surface area contributed by atoms with Crippen molar-refractivity contribution in [2.24, 2.45) is 0 Å². The molecule has 0 fully saturated rings. The van der Waals surface area contributed by atoms with Crippen molar-refractivity contribution in [3.8, 4) is 23.0 Å². The Morgan fingerprint density at radius 3 is 0.932 bits per heavy atom. The highest BCUT2D eigenvalue weighted by Gasteiger charge is 2.11. The van der Waals surface area contributed by atoms with Gasteiger partial charge in [0.15, 0.2) is 0 Å². The molecule has 6 rings (SSSR count). The van der Waals surface area contributed by atoms with E-state index in [0.29, 0.717) is 106 Å². The first-order valence-electron chi connectivity index (χ1n) is 14.9. The summed E-state index contributed by atoms with van der Waals surface area (Å²) in [6.07, 6.45) is 0. The van der Waals surface area contributed by atoms with Gasteiger partial charge >= 0.3 is 0 Å². The lowest BCUT2D eigenvalue weighted by atomic mass is 10.2. The summed E-state index contributed by atoms with van der Waals surface area (Å²) in [4.78, 5) is 0. The molecule has 10 nitrogen and oxygen atoms in total. The Bertz CT molecular complexity index is 1170. The molecule has 2 aromatic carbocycles. The van der Waals surface area contributed by atoms with Gasteiger partial charge in [0.1, 0.15) is 49.4 Å². The molecule has 0 amide bonds. The zero-order chi connectivity index (χ0) is 30.1. The molecular formula is C32H40O10S2. The first-order valence-corrected chi connectivity index (χ1v) is 16.6. The third-order valence-electron chi connectivity index (χ3n) is 6.51. The number of hydrogen-bond acceptors (Lipinski definition) is 12. The lowest BCUT2D eigenvalue weighted by Crippen LogP contribution is -2.14. The van der Waals surface area contributed by atoms with Crippen LogP contribution in [0.1, 0.15) is 0 Å². The highest BCUT2D eigenvalue weighted by atomic mass is 32.1. The SMILES string of the molecule is c1cc2c3ccc(c2s1)OCCOCCOCCOCCOc1ccc(c2ccsc12)OCCOCCOCCOCCO3. The number of fused-ring (bicyclic) bond motifs is 26. The van der Waals surface area contributed by atoms with Crippen LogP contribution in [0.2, 0.25) is 0 Å². The average Bonchev–Trinajstić information content (AvgIpc) is 3.74. The quantitative estimate of drug-likeness (QED) is 0.230. The second kappa shape index (κ2) is 19.0. The molecule has 4 aromatic rings. The highest BCUT2D eigenvalue weighted by molar-refractivity contribution is 7.18. The summed E-state index contributed by atoms with van der Waals surface area (Å²) in [5, 5.41) is 6.13. The van der Waals surface area contributed by atoms with Crippen LogP contribution in [0, 0.1) is 0 Å². The third-order valence-corrected chi connectivity index (χ3v) is 8.37. The molecule has 2 aromatic heterocycles. The van der Waals surface area contributed by atoms with Gasteiger partial charge < -0.3 is 47.4 Å². The number of ether oxygens (including phenoxy) is 10. The second-order valence-electron chi connectivity index (χ2n) is 9.52. The van der Waals surface area contributed by atoms with E-state index in [1.165, 1.54) is 0 Å². The van der Waals surface area contributed by atoms with Crippen LogP contribution in [0.25, 0.3) is 20.2 Å². The number of thiophene rings is 2. The summed E-state index contributed by atoms with van der Waals surface area (Å²) in [6, 6.07) is 11.8. The minimum Gasteiger partial charge on any atom is -0.491 e. The van der Waals surface area contributed by atoms with Gasteiger partial charge in [-0.25, -0.2) is 0 Å². The molecule has 0 saturated carbocycles. The van der Waals surface area contributed by atoms with E-state index in [1.54, 1.807) is 22.7 Å². The summed E-state index contributed by atoms with van der Waals surface area (Å²) in [6.45, 7) is 7.63. The summed E-state index contributed by atoms with van der Waals surface area (Å²) >= 11 is 3.25. The Morgan fingerprint density at radius 1 is 0.318 bits per heavy atom. The topological polar surface area (TPSA) is 92.3 Å². The zero-order valence-electron chi connectivity index (χ0n) is 24.8. The Hall–Kier alpha value is -2.68. The van der Waals surface area contributed by atoms with Gasteiger partial charge in [0.05, 0.1) is 88.7 Å². The van der Waals surface area contributed by atoms with Gasteiger partial charge in [-0.05, 0) is 47.2 Å². The van der Waals surface area contributed by atoms with Gasteiger partial charge in [0.25, 0.3) is 0 Å². The normalized spacial score (nSPS) is 18.5. The van der Waals surface area contributed by atoms with Crippen molar-refractivity contribution >= 4 is 42.8 Å². The molecule has 2 aliphatic heterocycles. The largest absolute Gasteiger partial charge is 0.491 e. The van der Waals surface area contributed by atoms with Crippen LogP contribution in [0.15, 0.2) is 47.2 Å². The summed E-state index contributed by atoms with van der Waals surface area (Å²) in [5.74, 6) is 3.27. The van der Waals surface area contributed by atoms with E-state index in [2.05, 4.69) is 0 Å². The molecule has 0 radical (unpaired) electrons. The maximum Gasteiger partial charge on any atom is 0.137 e. The maximum absolute atomic E-state index is 5.98. The van der Waals surface area contributed by atoms with E-state index in [9.17, 15) is 0 Å². The van der Waals surface area contributed by atoms with Crippen LogP contribution >= 0.6 is 22.7 Å². The average molecular weight is 649 g/mol. The first kappa shape index (κ1) is 32.7. The maximum atomic E-state index is 5.98. The summed E-state index contributed by atoms with van der Waals surface area (Å²) < 4.78 is 59.9. The Labute approximate surface area is 265 Å². The lowest BCUT2D eigenvalue weighted by molar-refractivity contribution is 0.00489. The predicted octanol–water partition coefficient (Wildman–Crippen LogP) is 5.44. The summed E-state index contributed by atoms with van der Waals surface area (Å²) in [5.41, 5.74) is 0. The zero-order valence-corrected chi connectivity index (χ0v) is 26.5. The van der Waals surface area contributed by atoms with Crippen LogP contribution in [-0.4, -0.2) is 106 Å². The van der Waals surface area contributed by atoms with E-state index in [1.807, 2.05) is 47.2 Å². The molecular weight excluding hydrogens is 608 g/mol. The van der Waals surface area contributed by atoms with Crippen molar-refractivity contribution in [3.05, 3.63) is 47.2 Å². The molecule has 0 N–H and O–H groups in total. The standard InChI is InChI=1S/C32H40O10S2/c1-3-29-31-25(5-23-43-31)27(1)39-19-15-35-11-7-33-8-12-36-16-20-40-28-2-4-30(32-26(28)6-24-44-32)42-22-18-38-14-10-34-9-13-37-17-21-41-29/h1-6,23-24H,7-22H2.